The zero-order valence-electron chi connectivity index (χ0n) is 27.8. The van der Waals surface area contributed by atoms with Crippen LogP contribution in [0.1, 0.15) is 102 Å². The van der Waals surface area contributed by atoms with Crippen LogP contribution in [0.4, 0.5) is 5.95 Å². The molecule has 6 nitrogen and oxygen atoms in total. The molecule has 2 aliphatic rings. The molecular formula is C37H51N3O3S. The molecule has 2 heterocycles. The number of aryl methyl sites for hydroxylation is 3. The van der Waals surface area contributed by atoms with Crippen molar-refractivity contribution in [1.29, 1.82) is 0 Å². The Labute approximate surface area is 265 Å². The molecule has 0 saturated heterocycles. The summed E-state index contributed by atoms with van der Waals surface area (Å²) in [5.74, 6) is 1.83. The standard InChI is InChI=1S/C37H51N3O3S/c1-23(2)17-28-15-16-30-19-32(33-24(3)11-9-12-25(33)4)39-35(38-30)40-44(42,43)31-14-10-13-27(18-31)34(28)26(5)20-37(8)21-29(22-37)36(6,7)41/h9-14,18-19,23,26,28-29,34,41H,15-17,20-22H2,1-8H3,(H,38,39,40)/t26-,28-,29?,34?,37?/m0/s1. The predicted octanol–water partition coefficient (Wildman–Crippen LogP) is 8.47. The highest BCUT2D eigenvalue weighted by molar-refractivity contribution is 7.92. The first-order valence-corrected chi connectivity index (χ1v) is 17.8. The monoisotopic (exact) mass is 617 g/mol. The molecule has 2 N–H and O–H groups in total. The van der Waals surface area contributed by atoms with Crippen LogP contribution in [0.25, 0.3) is 11.3 Å². The van der Waals surface area contributed by atoms with Gasteiger partial charge in [0, 0.05) is 11.3 Å². The fraction of sp³-hybridized carbons (Fsp3) is 0.568. The number of hydrogen-bond acceptors (Lipinski definition) is 5. The summed E-state index contributed by atoms with van der Waals surface area (Å²) in [5, 5.41) is 10.6. The molecule has 238 valence electrons. The fourth-order valence-electron chi connectivity index (χ4n) is 8.23. The van der Waals surface area contributed by atoms with Crippen molar-refractivity contribution in [3.05, 3.63) is 70.9 Å². The molecule has 3 atom stereocenters. The first-order valence-electron chi connectivity index (χ1n) is 16.3. The molecule has 0 spiro atoms. The van der Waals surface area contributed by atoms with Gasteiger partial charge in [0.2, 0.25) is 5.95 Å². The summed E-state index contributed by atoms with van der Waals surface area (Å²) in [7, 11) is -3.91. The molecule has 1 aliphatic heterocycles. The Kier molecular flexibility index (Phi) is 9.05. The van der Waals surface area contributed by atoms with Crippen LogP contribution in [0.5, 0.6) is 0 Å². The summed E-state index contributed by atoms with van der Waals surface area (Å²) < 4.78 is 30.3. The fourth-order valence-corrected chi connectivity index (χ4v) is 9.23. The van der Waals surface area contributed by atoms with E-state index >= 15 is 0 Å². The van der Waals surface area contributed by atoms with E-state index in [0.29, 0.717) is 23.7 Å². The molecule has 1 aromatic heterocycles. The van der Waals surface area contributed by atoms with Crippen molar-refractivity contribution in [1.82, 2.24) is 9.97 Å². The summed E-state index contributed by atoms with van der Waals surface area (Å²) in [6, 6.07) is 15.8. The Bertz CT molecular complexity index is 1580. The lowest BCUT2D eigenvalue weighted by molar-refractivity contribution is -0.0874. The second-order valence-corrected chi connectivity index (χ2v) is 16.9. The Morgan fingerprint density at radius 3 is 2.32 bits per heavy atom. The number of sulfonamides is 1. The van der Waals surface area contributed by atoms with Gasteiger partial charge in [0.05, 0.1) is 16.2 Å². The number of rotatable bonds is 7. The Morgan fingerprint density at radius 2 is 1.68 bits per heavy atom. The van der Waals surface area contributed by atoms with Gasteiger partial charge in [-0.1, -0.05) is 58.0 Å². The first-order chi connectivity index (χ1) is 20.5. The Balaban J connectivity index is 1.57. The van der Waals surface area contributed by atoms with Gasteiger partial charge in [0.25, 0.3) is 10.0 Å². The number of anilines is 1. The van der Waals surface area contributed by atoms with E-state index in [1.54, 1.807) is 6.07 Å². The molecule has 5 rings (SSSR count). The second kappa shape index (κ2) is 12.2. The molecular weight excluding hydrogens is 566 g/mol. The molecule has 44 heavy (non-hydrogen) atoms. The minimum Gasteiger partial charge on any atom is -0.390 e. The van der Waals surface area contributed by atoms with Gasteiger partial charge in [-0.2, -0.15) is 0 Å². The third kappa shape index (κ3) is 7.04. The summed E-state index contributed by atoms with van der Waals surface area (Å²) in [5.41, 5.74) is 5.43. The molecule has 0 amide bonds. The topological polar surface area (TPSA) is 92.2 Å². The van der Waals surface area contributed by atoms with Crippen LogP contribution in [0.2, 0.25) is 0 Å². The van der Waals surface area contributed by atoms with Gasteiger partial charge in [-0.05, 0) is 136 Å². The molecule has 7 heteroatoms. The molecule has 4 bridgehead atoms. The van der Waals surface area contributed by atoms with Gasteiger partial charge >= 0.3 is 0 Å². The molecule has 1 fully saturated rings. The third-order valence-electron chi connectivity index (χ3n) is 10.3. The van der Waals surface area contributed by atoms with Gasteiger partial charge < -0.3 is 5.11 Å². The van der Waals surface area contributed by atoms with E-state index in [4.69, 9.17) is 9.97 Å². The van der Waals surface area contributed by atoms with Crippen LogP contribution < -0.4 is 4.72 Å². The number of nitrogens with one attached hydrogen (secondary N) is 1. The van der Waals surface area contributed by atoms with Crippen LogP contribution in [-0.4, -0.2) is 29.1 Å². The van der Waals surface area contributed by atoms with Crippen molar-refractivity contribution in [3.63, 3.8) is 0 Å². The van der Waals surface area contributed by atoms with Crippen LogP contribution in [0.15, 0.2) is 53.4 Å². The van der Waals surface area contributed by atoms with E-state index < -0.39 is 15.6 Å². The van der Waals surface area contributed by atoms with Gasteiger partial charge in [0.1, 0.15) is 0 Å². The maximum absolute atomic E-state index is 13.8. The summed E-state index contributed by atoms with van der Waals surface area (Å²) in [4.78, 5) is 9.73. The van der Waals surface area contributed by atoms with Gasteiger partial charge in [-0.3, -0.25) is 0 Å². The Hall–Kier alpha value is -2.77. The lowest BCUT2D eigenvalue weighted by atomic mass is 9.54. The van der Waals surface area contributed by atoms with Crippen LogP contribution in [-0.2, 0) is 16.4 Å². The SMILES string of the molecule is Cc1cccc(C)c1-c1cc2nc(n1)NS(=O)(=O)c1cccc(c1)C([C@@H](C)CC1(C)CC(C(C)(C)O)C1)[C@H](CC(C)C)CC2. The number of benzene rings is 2. The zero-order valence-corrected chi connectivity index (χ0v) is 28.6. The highest BCUT2D eigenvalue weighted by Crippen LogP contribution is 2.55. The lowest BCUT2D eigenvalue weighted by Crippen LogP contribution is -2.47. The van der Waals surface area contributed by atoms with Crippen LogP contribution in [0.3, 0.4) is 0 Å². The molecule has 0 radical (unpaired) electrons. The van der Waals surface area contributed by atoms with Crippen molar-refractivity contribution in [2.24, 2.45) is 29.1 Å². The van der Waals surface area contributed by atoms with Gasteiger partial charge in [-0.15, -0.1) is 0 Å². The summed E-state index contributed by atoms with van der Waals surface area (Å²) in [6.45, 7) is 17.3. The number of aliphatic hydroxyl groups is 1. The molecule has 3 aromatic rings. The Morgan fingerprint density at radius 1 is 1.02 bits per heavy atom. The quantitative estimate of drug-likeness (QED) is 0.277. The van der Waals surface area contributed by atoms with Crippen LogP contribution >= 0.6 is 0 Å². The smallest absolute Gasteiger partial charge is 0.264 e. The van der Waals surface area contributed by atoms with Gasteiger partial charge in [0.15, 0.2) is 0 Å². The predicted molar refractivity (Wildman–Crippen MR) is 179 cm³/mol. The van der Waals surface area contributed by atoms with Crippen molar-refractivity contribution >= 4 is 16.0 Å². The zero-order chi connectivity index (χ0) is 32.0. The molecule has 1 saturated carbocycles. The molecule has 1 unspecified atom stereocenters. The maximum Gasteiger partial charge on any atom is 0.264 e. The third-order valence-corrected chi connectivity index (χ3v) is 11.6. The maximum atomic E-state index is 13.8. The highest BCUT2D eigenvalue weighted by Gasteiger charge is 2.48. The van der Waals surface area contributed by atoms with E-state index in [1.807, 2.05) is 32.0 Å². The number of hydrogen-bond donors (Lipinski definition) is 2. The van der Waals surface area contributed by atoms with Crippen molar-refractivity contribution in [3.8, 4) is 11.3 Å². The molecule has 1 aliphatic carbocycles. The van der Waals surface area contributed by atoms with E-state index in [0.717, 1.165) is 72.2 Å². The highest BCUT2D eigenvalue weighted by atomic mass is 32.2. The number of fused-ring (bicyclic) bond motifs is 4. The van der Waals surface area contributed by atoms with E-state index in [9.17, 15) is 13.5 Å². The van der Waals surface area contributed by atoms with E-state index in [2.05, 4.69) is 70.5 Å². The summed E-state index contributed by atoms with van der Waals surface area (Å²) >= 11 is 0. The normalized spacial score (nSPS) is 25.7. The lowest BCUT2D eigenvalue weighted by Gasteiger charge is -2.52. The van der Waals surface area contributed by atoms with Crippen molar-refractivity contribution in [2.75, 3.05) is 4.72 Å². The summed E-state index contributed by atoms with van der Waals surface area (Å²) in [6.07, 6.45) is 5.83. The number of nitrogens with zero attached hydrogens (tertiary/aromatic N) is 2. The second-order valence-electron chi connectivity index (χ2n) is 15.2. The average molecular weight is 618 g/mol. The number of aromatic nitrogens is 2. The minimum atomic E-state index is -3.91. The molecule has 2 aromatic carbocycles. The van der Waals surface area contributed by atoms with E-state index in [-0.39, 0.29) is 22.2 Å². The van der Waals surface area contributed by atoms with Gasteiger partial charge in [-0.25, -0.2) is 23.1 Å². The largest absolute Gasteiger partial charge is 0.390 e. The average Bonchev–Trinajstić information content (AvgIpc) is 2.89. The van der Waals surface area contributed by atoms with Crippen molar-refractivity contribution in [2.45, 2.75) is 110 Å². The van der Waals surface area contributed by atoms with Crippen LogP contribution in [0, 0.1) is 42.9 Å². The first kappa shape index (κ1) is 32.6. The van der Waals surface area contributed by atoms with Crippen molar-refractivity contribution < 1.29 is 13.5 Å². The van der Waals surface area contributed by atoms with E-state index in [1.165, 1.54) is 0 Å². The minimum absolute atomic E-state index is 0.121.